The second-order valence-electron chi connectivity index (χ2n) is 7.34. The maximum atomic E-state index is 11.7. The molecule has 4 rings (SSSR count). The summed E-state index contributed by atoms with van der Waals surface area (Å²) in [7, 11) is 0. The maximum Gasteiger partial charge on any atom is 0.251 e. The van der Waals surface area contributed by atoms with Crippen LogP contribution in [0.25, 0.3) is 11.4 Å². The first kappa shape index (κ1) is 17.0. The minimum atomic E-state index is -0.485. The van der Waals surface area contributed by atoms with Crippen LogP contribution in [0.4, 0.5) is 0 Å². The molecule has 0 atom stereocenters. The summed E-state index contributed by atoms with van der Waals surface area (Å²) in [6.45, 7) is 5.82. The van der Waals surface area contributed by atoms with Gasteiger partial charge in [0.15, 0.2) is 0 Å². The number of hydrogen-bond acceptors (Lipinski definition) is 4. The Balaban J connectivity index is 1.70. The van der Waals surface area contributed by atoms with Gasteiger partial charge in [0.05, 0.1) is 17.4 Å². The number of aryl methyl sites for hydroxylation is 1. The number of aromatic amines is 1. The second kappa shape index (κ2) is 6.06. The van der Waals surface area contributed by atoms with Crippen molar-refractivity contribution in [2.75, 3.05) is 0 Å². The van der Waals surface area contributed by atoms with Gasteiger partial charge in [-0.1, -0.05) is 28.9 Å². The van der Waals surface area contributed by atoms with E-state index >= 15 is 0 Å². The molecule has 6 nitrogen and oxygen atoms in total. The molecule has 0 unspecified atom stereocenters. The topological polar surface area (TPSA) is 76.5 Å². The second-order valence-corrected chi connectivity index (χ2v) is 7.74. The molecule has 26 heavy (non-hydrogen) atoms. The minimum Gasteiger partial charge on any atom is -0.311 e. The third kappa shape index (κ3) is 3.05. The summed E-state index contributed by atoms with van der Waals surface area (Å²) in [6, 6.07) is 7.72. The number of halogens is 1. The van der Waals surface area contributed by atoms with Gasteiger partial charge >= 0.3 is 0 Å². The largest absolute Gasteiger partial charge is 0.311 e. The van der Waals surface area contributed by atoms with Crippen LogP contribution in [-0.4, -0.2) is 25.0 Å². The highest BCUT2D eigenvalue weighted by Gasteiger charge is 2.30. The number of hydrogen-bond donors (Lipinski definition) is 1. The predicted molar refractivity (Wildman–Crippen MR) is 100 cm³/mol. The van der Waals surface area contributed by atoms with E-state index in [4.69, 9.17) is 11.6 Å². The van der Waals surface area contributed by atoms with E-state index < -0.39 is 5.54 Å². The molecule has 0 bridgehead atoms. The molecule has 2 aromatic heterocycles. The lowest BCUT2D eigenvalue weighted by Gasteiger charge is -2.26. The Morgan fingerprint density at radius 1 is 1.23 bits per heavy atom. The number of aromatic nitrogens is 5. The van der Waals surface area contributed by atoms with E-state index in [1.165, 1.54) is 24.5 Å². The third-order valence-electron chi connectivity index (χ3n) is 4.89. The van der Waals surface area contributed by atoms with Crippen LogP contribution in [0.5, 0.6) is 0 Å². The molecule has 1 aliphatic rings. The molecule has 0 saturated heterocycles. The molecule has 3 aromatic rings. The van der Waals surface area contributed by atoms with Crippen molar-refractivity contribution in [3.05, 3.63) is 62.8 Å². The van der Waals surface area contributed by atoms with Gasteiger partial charge in [-0.05, 0) is 56.7 Å². The van der Waals surface area contributed by atoms with E-state index in [0.717, 1.165) is 10.6 Å². The molecule has 1 saturated carbocycles. The van der Waals surface area contributed by atoms with Crippen LogP contribution in [0.3, 0.4) is 0 Å². The van der Waals surface area contributed by atoms with Crippen molar-refractivity contribution in [3.63, 3.8) is 0 Å². The first-order valence-electron chi connectivity index (χ1n) is 8.65. The van der Waals surface area contributed by atoms with Crippen LogP contribution in [0.1, 0.15) is 49.6 Å². The zero-order valence-electron chi connectivity index (χ0n) is 15.0. The Bertz CT molecular complexity index is 1030. The monoisotopic (exact) mass is 369 g/mol. The van der Waals surface area contributed by atoms with Crippen molar-refractivity contribution in [1.29, 1.82) is 0 Å². The molecular weight excluding hydrogens is 350 g/mol. The quantitative estimate of drug-likeness (QED) is 0.761. The Morgan fingerprint density at radius 2 is 2.00 bits per heavy atom. The lowest BCUT2D eigenvalue weighted by molar-refractivity contribution is 0.380. The number of benzene rings is 1. The van der Waals surface area contributed by atoms with Gasteiger partial charge < -0.3 is 4.98 Å². The highest BCUT2D eigenvalue weighted by molar-refractivity contribution is 6.31. The predicted octanol–water partition coefficient (Wildman–Crippen LogP) is 3.65. The molecule has 1 N–H and O–H groups in total. The van der Waals surface area contributed by atoms with Gasteiger partial charge in [0.2, 0.25) is 0 Å². The van der Waals surface area contributed by atoms with E-state index in [-0.39, 0.29) is 5.56 Å². The van der Waals surface area contributed by atoms with E-state index in [9.17, 15) is 4.79 Å². The molecule has 0 amide bonds. The summed E-state index contributed by atoms with van der Waals surface area (Å²) in [4.78, 5) is 18.6. The highest BCUT2D eigenvalue weighted by Crippen LogP contribution is 2.42. The fourth-order valence-electron chi connectivity index (χ4n) is 3.19. The van der Waals surface area contributed by atoms with Gasteiger partial charge in [0.1, 0.15) is 11.5 Å². The van der Waals surface area contributed by atoms with Crippen molar-refractivity contribution in [2.45, 2.75) is 45.1 Å². The van der Waals surface area contributed by atoms with Crippen molar-refractivity contribution >= 4 is 11.6 Å². The summed E-state index contributed by atoms with van der Waals surface area (Å²) in [6.07, 6.45) is 4.29. The summed E-state index contributed by atoms with van der Waals surface area (Å²) in [5, 5.41) is 9.20. The molecule has 7 heteroatoms. The number of H-pyrrole nitrogens is 1. The standard InChI is InChI=1S/C19H20ClN5O/c1-11-21-16(9-18(26)22-11)17-10-25(24-23-17)19(2,3)14-7-6-13(8-15(14)20)12-4-5-12/h6-10,12H,4-5H2,1-3H3,(H,21,22,26). The highest BCUT2D eigenvalue weighted by atomic mass is 35.5. The molecular formula is C19H20ClN5O. The summed E-state index contributed by atoms with van der Waals surface area (Å²) < 4.78 is 1.76. The summed E-state index contributed by atoms with van der Waals surface area (Å²) in [5.74, 6) is 1.20. The number of nitrogens with one attached hydrogen (secondary N) is 1. The summed E-state index contributed by atoms with van der Waals surface area (Å²) in [5.41, 5.74) is 2.65. The number of rotatable bonds is 4. The normalized spacial score (nSPS) is 14.6. The average molecular weight is 370 g/mol. The van der Waals surface area contributed by atoms with Crippen molar-refractivity contribution < 1.29 is 0 Å². The SMILES string of the molecule is Cc1nc(-c2cn(C(C)(C)c3ccc(C4CC4)cc3Cl)nn2)cc(=O)[nH]1. The molecule has 1 aliphatic carbocycles. The first-order valence-corrected chi connectivity index (χ1v) is 9.03. The van der Waals surface area contributed by atoms with Gasteiger partial charge in [-0.25, -0.2) is 9.67 Å². The number of nitrogens with zero attached hydrogens (tertiary/aromatic N) is 4. The Kier molecular flexibility index (Phi) is 3.95. The fourth-order valence-corrected chi connectivity index (χ4v) is 3.61. The molecule has 2 heterocycles. The average Bonchev–Trinajstić information content (AvgIpc) is 3.29. The van der Waals surface area contributed by atoms with Crippen LogP contribution in [0.15, 0.2) is 35.3 Å². The smallest absolute Gasteiger partial charge is 0.251 e. The van der Waals surface area contributed by atoms with Crippen molar-refractivity contribution in [3.8, 4) is 11.4 Å². The van der Waals surface area contributed by atoms with Crippen molar-refractivity contribution in [1.82, 2.24) is 25.0 Å². The van der Waals surface area contributed by atoms with Crippen LogP contribution in [0, 0.1) is 6.92 Å². The lowest BCUT2D eigenvalue weighted by atomic mass is 9.93. The van der Waals surface area contributed by atoms with E-state index in [1.54, 1.807) is 17.8 Å². The van der Waals surface area contributed by atoms with E-state index in [1.807, 2.05) is 13.8 Å². The van der Waals surface area contributed by atoms with Gasteiger partial charge in [0, 0.05) is 11.1 Å². The Morgan fingerprint density at radius 3 is 2.65 bits per heavy atom. The zero-order chi connectivity index (χ0) is 18.5. The Hall–Kier alpha value is -2.47. The molecule has 0 aliphatic heterocycles. The molecule has 0 spiro atoms. The molecule has 1 aromatic carbocycles. The fraction of sp³-hybridized carbons (Fsp3) is 0.368. The van der Waals surface area contributed by atoms with Gasteiger partial charge in [-0.2, -0.15) is 0 Å². The Labute approximate surface area is 156 Å². The van der Waals surface area contributed by atoms with E-state index in [2.05, 4.69) is 38.5 Å². The van der Waals surface area contributed by atoms with Crippen molar-refractivity contribution in [2.24, 2.45) is 0 Å². The van der Waals surface area contributed by atoms with Crippen LogP contribution in [-0.2, 0) is 5.54 Å². The van der Waals surface area contributed by atoms with Gasteiger partial charge in [-0.15, -0.1) is 5.10 Å². The van der Waals surface area contributed by atoms with Crippen LogP contribution >= 0.6 is 11.6 Å². The van der Waals surface area contributed by atoms with Crippen LogP contribution in [0.2, 0.25) is 5.02 Å². The zero-order valence-corrected chi connectivity index (χ0v) is 15.7. The van der Waals surface area contributed by atoms with Gasteiger partial charge in [-0.3, -0.25) is 4.79 Å². The van der Waals surface area contributed by atoms with Gasteiger partial charge in [0.25, 0.3) is 5.56 Å². The lowest BCUT2D eigenvalue weighted by Crippen LogP contribution is -2.28. The molecule has 0 radical (unpaired) electrons. The molecule has 1 fully saturated rings. The van der Waals surface area contributed by atoms with E-state index in [0.29, 0.717) is 23.1 Å². The maximum absolute atomic E-state index is 11.7. The minimum absolute atomic E-state index is 0.208. The third-order valence-corrected chi connectivity index (χ3v) is 5.20. The van der Waals surface area contributed by atoms with Crippen LogP contribution < -0.4 is 5.56 Å². The molecule has 134 valence electrons. The summed E-state index contributed by atoms with van der Waals surface area (Å²) >= 11 is 6.58. The first-order chi connectivity index (χ1) is 12.3.